The Bertz CT molecular complexity index is 652. The van der Waals surface area contributed by atoms with Crippen molar-refractivity contribution in [2.24, 2.45) is 0 Å². The monoisotopic (exact) mass is 293 g/mol. The first-order valence-corrected chi connectivity index (χ1v) is 7.49. The second-order valence-electron chi connectivity index (χ2n) is 5.48. The highest BCUT2D eigenvalue weighted by Crippen LogP contribution is 2.26. The fraction of sp³-hybridized carbons (Fsp3) is 0.211. The zero-order valence-electron chi connectivity index (χ0n) is 12.4. The molecule has 2 aromatic carbocycles. The number of benzene rings is 2. The predicted octanol–water partition coefficient (Wildman–Crippen LogP) is 3.58. The Hall–Kier alpha value is -2.55. The number of cyclic esters (lactones) is 1. The second-order valence-corrected chi connectivity index (χ2v) is 5.48. The summed E-state index contributed by atoms with van der Waals surface area (Å²) in [6.45, 7) is 3.88. The predicted molar refractivity (Wildman–Crippen MR) is 87.6 cm³/mol. The van der Waals surface area contributed by atoms with E-state index in [0.717, 1.165) is 18.5 Å². The van der Waals surface area contributed by atoms with E-state index < -0.39 is 0 Å². The number of esters is 1. The van der Waals surface area contributed by atoms with Crippen molar-refractivity contribution in [3.8, 4) is 0 Å². The summed E-state index contributed by atoms with van der Waals surface area (Å²) >= 11 is 0. The van der Waals surface area contributed by atoms with Crippen LogP contribution in [0.5, 0.6) is 0 Å². The summed E-state index contributed by atoms with van der Waals surface area (Å²) in [5.74, 6) is -0.300. The molecule has 0 amide bonds. The van der Waals surface area contributed by atoms with Gasteiger partial charge in [-0.15, -0.1) is 0 Å². The van der Waals surface area contributed by atoms with E-state index in [1.165, 1.54) is 5.56 Å². The van der Waals surface area contributed by atoms with Crippen LogP contribution in [0.3, 0.4) is 0 Å². The van der Waals surface area contributed by atoms with Gasteiger partial charge < -0.3 is 10.1 Å². The van der Waals surface area contributed by atoms with Gasteiger partial charge in [-0.2, -0.15) is 0 Å². The Morgan fingerprint density at radius 1 is 1.00 bits per heavy atom. The maximum absolute atomic E-state index is 11.8. The van der Waals surface area contributed by atoms with Crippen LogP contribution in [0, 0.1) is 0 Å². The summed E-state index contributed by atoms with van der Waals surface area (Å²) in [4.78, 5) is 11.8. The highest BCUT2D eigenvalue weighted by Gasteiger charge is 2.38. The number of aryl methyl sites for hydroxylation is 1. The first kappa shape index (κ1) is 14.4. The van der Waals surface area contributed by atoms with Gasteiger partial charge in [0.05, 0.1) is 11.6 Å². The highest BCUT2D eigenvalue weighted by atomic mass is 16.6. The second kappa shape index (κ2) is 6.48. The van der Waals surface area contributed by atoms with Crippen molar-refractivity contribution >= 4 is 11.7 Å². The smallest absolute Gasteiger partial charge is 0.336 e. The lowest BCUT2D eigenvalue weighted by Crippen LogP contribution is -2.30. The SMILES string of the molecule is C=C1C(=O)O[C@H](CCc2ccccc2)[C@H]1Nc1ccccc1. The largest absolute Gasteiger partial charge is 0.456 e. The molecule has 0 spiro atoms. The molecule has 0 aliphatic carbocycles. The van der Waals surface area contributed by atoms with Gasteiger partial charge in [-0.1, -0.05) is 55.1 Å². The average molecular weight is 293 g/mol. The first-order chi connectivity index (χ1) is 10.7. The number of anilines is 1. The number of nitrogens with one attached hydrogen (secondary N) is 1. The van der Waals surface area contributed by atoms with Gasteiger partial charge >= 0.3 is 5.97 Å². The van der Waals surface area contributed by atoms with Gasteiger partial charge in [0, 0.05) is 5.69 Å². The van der Waals surface area contributed by atoms with Crippen molar-refractivity contribution in [1.29, 1.82) is 0 Å². The first-order valence-electron chi connectivity index (χ1n) is 7.49. The van der Waals surface area contributed by atoms with E-state index in [1.807, 2.05) is 48.5 Å². The quantitative estimate of drug-likeness (QED) is 0.676. The summed E-state index contributed by atoms with van der Waals surface area (Å²) < 4.78 is 5.48. The minimum Gasteiger partial charge on any atom is -0.456 e. The van der Waals surface area contributed by atoms with Gasteiger partial charge in [-0.05, 0) is 30.5 Å². The normalized spacial score (nSPS) is 20.7. The van der Waals surface area contributed by atoms with E-state index in [2.05, 4.69) is 24.0 Å². The van der Waals surface area contributed by atoms with E-state index in [1.54, 1.807) is 0 Å². The topological polar surface area (TPSA) is 38.3 Å². The molecule has 0 radical (unpaired) electrons. The van der Waals surface area contributed by atoms with Crippen molar-refractivity contribution in [3.05, 3.63) is 78.4 Å². The molecule has 2 atom stereocenters. The molecule has 3 heteroatoms. The van der Waals surface area contributed by atoms with Gasteiger partial charge in [-0.25, -0.2) is 4.79 Å². The molecule has 1 fully saturated rings. The van der Waals surface area contributed by atoms with Crippen molar-refractivity contribution < 1.29 is 9.53 Å². The number of ether oxygens (including phenoxy) is 1. The lowest BCUT2D eigenvalue weighted by atomic mass is 9.99. The van der Waals surface area contributed by atoms with Crippen molar-refractivity contribution in [2.45, 2.75) is 25.0 Å². The Morgan fingerprint density at radius 3 is 2.32 bits per heavy atom. The van der Waals surface area contributed by atoms with Gasteiger partial charge in [-0.3, -0.25) is 0 Å². The zero-order valence-corrected chi connectivity index (χ0v) is 12.4. The molecule has 0 unspecified atom stereocenters. The van der Waals surface area contributed by atoms with Crippen molar-refractivity contribution in [2.75, 3.05) is 5.32 Å². The summed E-state index contributed by atoms with van der Waals surface area (Å²) in [5.41, 5.74) is 2.72. The zero-order chi connectivity index (χ0) is 15.4. The molecular formula is C19H19NO2. The number of hydrogen-bond acceptors (Lipinski definition) is 3. The molecule has 1 aliphatic heterocycles. The van der Waals surface area contributed by atoms with Crippen LogP contribution in [0.2, 0.25) is 0 Å². The van der Waals surface area contributed by atoms with Crippen LogP contribution in [0.25, 0.3) is 0 Å². The van der Waals surface area contributed by atoms with Crippen LogP contribution in [0.1, 0.15) is 12.0 Å². The molecule has 2 aromatic rings. The lowest BCUT2D eigenvalue weighted by Gasteiger charge is -2.20. The molecule has 0 aromatic heterocycles. The fourth-order valence-corrected chi connectivity index (χ4v) is 2.71. The number of rotatable bonds is 5. The van der Waals surface area contributed by atoms with E-state index in [-0.39, 0.29) is 18.1 Å². The molecule has 22 heavy (non-hydrogen) atoms. The molecule has 1 aliphatic rings. The maximum atomic E-state index is 11.8. The third-order valence-electron chi connectivity index (χ3n) is 3.92. The Morgan fingerprint density at radius 2 is 1.64 bits per heavy atom. The van der Waals surface area contributed by atoms with E-state index in [9.17, 15) is 4.79 Å². The minimum atomic E-state index is -0.300. The number of carbonyl (C=O) groups excluding carboxylic acids is 1. The van der Waals surface area contributed by atoms with Gasteiger partial charge in [0.2, 0.25) is 0 Å². The summed E-state index contributed by atoms with van der Waals surface area (Å²) in [5, 5.41) is 3.36. The van der Waals surface area contributed by atoms with E-state index >= 15 is 0 Å². The van der Waals surface area contributed by atoms with Crippen molar-refractivity contribution in [3.63, 3.8) is 0 Å². The maximum Gasteiger partial charge on any atom is 0.336 e. The van der Waals surface area contributed by atoms with E-state index in [4.69, 9.17) is 4.74 Å². The van der Waals surface area contributed by atoms with E-state index in [0.29, 0.717) is 5.57 Å². The van der Waals surface area contributed by atoms with Gasteiger partial charge in [0.25, 0.3) is 0 Å². The van der Waals surface area contributed by atoms with Crippen LogP contribution in [0.15, 0.2) is 72.8 Å². The standard InChI is InChI=1S/C19H19NO2/c1-14-18(20-16-10-6-3-7-11-16)17(22-19(14)21)13-12-15-8-4-2-5-9-15/h2-11,17-18,20H,1,12-13H2/t17-,18+/m1/s1. The fourth-order valence-electron chi connectivity index (χ4n) is 2.71. The summed E-state index contributed by atoms with van der Waals surface area (Å²) in [7, 11) is 0. The summed E-state index contributed by atoms with van der Waals surface area (Å²) in [6, 6.07) is 19.9. The van der Waals surface area contributed by atoms with Crippen LogP contribution in [-0.2, 0) is 16.0 Å². The molecule has 3 rings (SSSR count). The molecule has 1 saturated heterocycles. The number of carbonyl (C=O) groups is 1. The summed E-state index contributed by atoms with van der Waals surface area (Å²) in [6.07, 6.45) is 1.47. The van der Waals surface area contributed by atoms with Crippen LogP contribution in [0.4, 0.5) is 5.69 Å². The van der Waals surface area contributed by atoms with Crippen LogP contribution < -0.4 is 5.32 Å². The number of hydrogen-bond donors (Lipinski definition) is 1. The Labute approximate surface area is 130 Å². The third-order valence-corrected chi connectivity index (χ3v) is 3.92. The van der Waals surface area contributed by atoms with Crippen LogP contribution >= 0.6 is 0 Å². The molecule has 112 valence electrons. The third kappa shape index (κ3) is 3.19. The molecular weight excluding hydrogens is 274 g/mol. The van der Waals surface area contributed by atoms with Gasteiger partial charge in [0.1, 0.15) is 6.10 Å². The minimum absolute atomic E-state index is 0.168. The Balaban J connectivity index is 1.68. The van der Waals surface area contributed by atoms with Crippen LogP contribution in [-0.4, -0.2) is 18.1 Å². The Kier molecular flexibility index (Phi) is 4.24. The van der Waals surface area contributed by atoms with Gasteiger partial charge in [0.15, 0.2) is 0 Å². The molecule has 0 bridgehead atoms. The molecule has 0 saturated carbocycles. The highest BCUT2D eigenvalue weighted by molar-refractivity contribution is 5.92. The average Bonchev–Trinajstić information content (AvgIpc) is 2.83. The van der Waals surface area contributed by atoms with Crippen molar-refractivity contribution in [1.82, 2.24) is 0 Å². The molecule has 1 N–H and O–H groups in total. The number of para-hydroxylation sites is 1. The molecule has 1 heterocycles. The molecule has 3 nitrogen and oxygen atoms in total. The lowest BCUT2D eigenvalue weighted by molar-refractivity contribution is -0.139.